The molecule has 2 amide bonds. The number of nitrogens with one attached hydrogen (secondary N) is 1. The van der Waals surface area contributed by atoms with Gasteiger partial charge in [0.05, 0.1) is 12.5 Å². The Morgan fingerprint density at radius 1 is 1.21 bits per heavy atom. The van der Waals surface area contributed by atoms with Crippen LogP contribution in [0, 0.1) is 0 Å². The van der Waals surface area contributed by atoms with Gasteiger partial charge in [-0.25, -0.2) is 0 Å². The minimum absolute atomic E-state index is 0.00265. The molecule has 1 atom stereocenters. The number of thioether (sulfide) groups is 1. The molecule has 1 aliphatic heterocycles. The van der Waals surface area contributed by atoms with E-state index in [4.69, 9.17) is 0 Å². The summed E-state index contributed by atoms with van der Waals surface area (Å²) >= 11 is 1.90. The molecule has 0 saturated carbocycles. The number of benzene rings is 1. The Morgan fingerprint density at radius 3 is 2.38 bits per heavy atom. The molecule has 0 aliphatic carbocycles. The number of carbonyl (C=O) groups is 2. The number of likely N-dealkylation sites (N-methyl/N-ethyl adjacent to an activating group) is 1. The smallest absolute Gasteiger partial charge is 0.241 e. The Hall–Kier alpha value is -1.53. The predicted octanol–water partition coefficient (Wildman–Crippen LogP) is 2.08. The first-order chi connectivity index (χ1) is 11.5. The average molecular weight is 350 g/mol. The summed E-state index contributed by atoms with van der Waals surface area (Å²) in [7, 11) is 3.81. The second-order valence-corrected chi connectivity index (χ2v) is 7.47. The Kier molecular flexibility index (Phi) is 7.12. The third-order valence-electron chi connectivity index (χ3n) is 4.25. The first-order valence-corrected chi connectivity index (χ1v) is 9.58. The molecule has 1 aromatic rings. The molecule has 1 unspecified atom stereocenters. The summed E-state index contributed by atoms with van der Waals surface area (Å²) in [5.41, 5.74) is 1.75. The van der Waals surface area contributed by atoms with Crippen LogP contribution in [0.4, 0.5) is 5.69 Å². The van der Waals surface area contributed by atoms with Gasteiger partial charge >= 0.3 is 0 Å². The molecule has 1 heterocycles. The molecule has 2 rings (SSSR count). The molecule has 5 nitrogen and oxygen atoms in total. The number of carbonyl (C=O) groups excluding carboxylic acids is 2. The Bertz CT molecular complexity index is 554. The summed E-state index contributed by atoms with van der Waals surface area (Å²) in [5.74, 6) is 2.24. The number of nitrogens with zero attached hydrogens (tertiary/aromatic N) is 2. The lowest BCUT2D eigenvalue weighted by Crippen LogP contribution is -2.39. The highest BCUT2D eigenvalue weighted by atomic mass is 32.2. The second kappa shape index (κ2) is 9.08. The van der Waals surface area contributed by atoms with Gasteiger partial charge < -0.3 is 10.2 Å². The SMILES string of the molecule is CCC(C(=O)Nc1ccc(CC(=O)N2CCSCC2)cc1)N(C)C. The van der Waals surface area contributed by atoms with Gasteiger partial charge in [-0.05, 0) is 38.2 Å². The molecule has 0 spiro atoms. The number of amides is 2. The van der Waals surface area contributed by atoms with Crippen molar-refractivity contribution in [2.24, 2.45) is 0 Å². The predicted molar refractivity (Wildman–Crippen MR) is 100 cm³/mol. The van der Waals surface area contributed by atoms with Crippen LogP contribution in [0.15, 0.2) is 24.3 Å². The number of rotatable bonds is 6. The molecular formula is C18H27N3O2S. The molecule has 132 valence electrons. The fraction of sp³-hybridized carbons (Fsp3) is 0.556. The van der Waals surface area contributed by atoms with Crippen molar-refractivity contribution in [1.29, 1.82) is 0 Å². The zero-order chi connectivity index (χ0) is 17.5. The van der Waals surface area contributed by atoms with Crippen LogP contribution in [-0.2, 0) is 16.0 Å². The molecule has 1 fully saturated rings. The van der Waals surface area contributed by atoms with Gasteiger partial charge in [0.1, 0.15) is 0 Å². The summed E-state index contributed by atoms with van der Waals surface area (Å²) in [4.78, 5) is 28.4. The highest BCUT2D eigenvalue weighted by molar-refractivity contribution is 7.99. The Morgan fingerprint density at radius 2 is 1.83 bits per heavy atom. The maximum atomic E-state index is 12.3. The lowest BCUT2D eigenvalue weighted by molar-refractivity contribution is -0.130. The van der Waals surface area contributed by atoms with Crippen molar-refractivity contribution in [3.63, 3.8) is 0 Å². The third-order valence-corrected chi connectivity index (χ3v) is 5.20. The van der Waals surface area contributed by atoms with Crippen molar-refractivity contribution in [1.82, 2.24) is 9.80 Å². The van der Waals surface area contributed by atoms with Crippen LogP contribution in [0.2, 0.25) is 0 Å². The van der Waals surface area contributed by atoms with E-state index in [0.717, 1.165) is 42.3 Å². The lowest BCUT2D eigenvalue weighted by Gasteiger charge is -2.26. The number of hydrogen-bond donors (Lipinski definition) is 1. The molecule has 24 heavy (non-hydrogen) atoms. The average Bonchev–Trinajstić information content (AvgIpc) is 2.57. The Labute approximate surface area is 148 Å². The van der Waals surface area contributed by atoms with Crippen LogP contribution < -0.4 is 5.32 Å². The van der Waals surface area contributed by atoms with E-state index in [1.165, 1.54) is 0 Å². The van der Waals surface area contributed by atoms with Crippen LogP contribution in [0.1, 0.15) is 18.9 Å². The lowest BCUT2D eigenvalue weighted by atomic mass is 10.1. The largest absolute Gasteiger partial charge is 0.341 e. The van der Waals surface area contributed by atoms with Gasteiger partial charge in [0.25, 0.3) is 0 Å². The normalized spacial score (nSPS) is 16.1. The number of hydrogen-bond acceptors (Lipinski definition) is 4. The van der Waals surface area contributed by atoms with Gasteiger partial charge in [-0.1, -0.05) is 19.1 Å². The fourth-order valence-corrected chi connectivity index (χ4v) is 3.72. The quantitative estimate of drug-likeness (QED) is 0.854. The standard InChI is InChI=1S/C18H27N3O2S/c1-4-16(20(2)3)18(23)19-15-7-5-14(6-8-15)13-17(22)21-9-11-24-12-10-21/h5-8,16H,4,9-13H2,1-3H3,(H,19,23). The molecular weight excluding hydrogens is 322 g/mol. The van der Waals surface area contributed by atoms with Crippen LogP contribution in [0.3, 0.4) is 0 Å². The van der Waals surface area contributed by atoms with E-state index in [1.807, 2.05) is 66.8 Å². The molecule has 0 radical (unpaired) electrons. The molecule has 0 aromatic heterocycles. The highest BCUT2D eigenvalue weighted by Gasteiger charge is 2.19. The zero-order valence-electron chi connectivity index (χ0n) is 14.7. The molecule has 6 heteroatoms. The topological polar surface area (TPSA) is 52.7 Å². The maximum Gasteiger partial charge on any atom is 0.241 e. The van der Waals surface area contributed by atoms with E-state index in [0.29, 0.717) is 6.42 Å². The van der Waals surface area contributed by atoms with Crippen molar-refractivity contribution < 1.29 is 9.59 Å². The van der Waals surface area contributed by atoms with Crippen LogP contribution in [-0.4, -0.2) is 66.3 Å². The van der Waals surface area contributed by atoms with Gasteiger partial charge in [0, 0.05) is 30.3 Å². The van der Waals surface area contributed by atoms with Crippen molar-refractivity contribution in [2.45, 2.75) is 25.8 Å². The Balaban J connectivity index is 1.90. The van der Waals surface area contributed by atoms with Gasteiger partial charge in [-0.2, -0.15) is 11.8 Å². The third kappa shape index (κ3) is 5.24. The first-order valence-electron chi connectivity index (χ1n) is 8.43. The summed E-state index contributed by atoms with van der Waals surface area (Å²) in [6.07, 6.45) is 1.19. The summed E-state index contributed by atoms with van der Waals surface area (Å²) in [5, 5.41) is 2.94. The summed E-state index contributed by atoms with van der Waals surface area (Å²) in [6, 6.07) is 7.44. The molecule has 0 bridgehead atoms. The molecule has 1 aromatic carbocycles. The number of anilines is 1. The summed E-state index contributed by atoms with van der Waals surface area (Å²) in [6.45, 7) is 3.69. The van der Waals surface area contributed by atoms with Crippen LogP contribution >= 0.6 is 11.8 Å². The van der Waals surface area contributed by atoms with E-state index in [1.54, 1.807) is 0 Å². The van der Waals surface area contributed by atoms with Crippen molar-refractivity contribution in [3.8, 4) is 0 Å². The minimum Gasteiger partial charge on any atom is -0.341 e. The summed E-state index contributed by atoms with van der Waals surface area (Å²) < 4.78 is 0. The fourth-order valence-electron chi connectivity index (χ4n) is 2.82. The van der Waals surface area contributed by atoms with E-state index in [2.05, 4.69) is 5.32 Å². The van der Waals surface area contributed by atoms with Gasteiger partial charge in [0.15, 0.2) is 0 Å². The van der Waals surface area contributed by atoms with E-state index >= 15 is 0 Å². The minimum atomic E-state index is -0.136. The molecule has 1 saturated heterocycles. The van der Waals surface area contributed by atoms with Crippen molar-refractivity contribution in [2.75, 3.05) is 44.0 Å². The van der Waals surface area contributed by atoms with Crippen LogP contribution in [0.25, 0.3) is 0 Å². The van der Waals surface area contributed by atoms with E-state index in [-0.39, 0.29) is 17.9 Å². The monoisotopic (exact) mass is 349 g/mol. The zero-order valence-corrected chi connectivity index (χ0v) is 15.6. The molecule has 1 aliphatic rings. The van der Waals surface area contributed by atoms with Gasteiger partial charge in [-0.15, -0.1) is 0 Å². The van der Waals surface area contributed by atoms with Crippen molar-refractivity contribution >= 4 is 29.3 Å². The van der Waals surface area contributed by atoms with E-state index < -0.39 is 0 Å². The highest BCUT2D eigenvalue weighted by Crippen LogP contribution is 2.14. The van der Waals surface area contributed by atoms with Crippen molar-refractivity contribution in [3.05, 3.63) is 29.8 Å². The maximum absolute atomic E-state index is 12.3. The second-order valence-electron chi connectivity index (χ2n) is 6.24. The van der Waals surface area contributed by atoms with Gasteiger partial charge in [-0.3, -0.25) is 14.5 Å². The first kappa shape index (κ1) is 18.8. The van der Waals surface area contributed by atoms with Crippen LogP contribution in [0.5, 0.6) is 0 Å². The van der Waals surface area contributed by atoms with E-state index in [9.17, 15) is 9.59 Å². The van der Waals surface area contributed by atoms with Gasteiger partial charge in [0.2, 0.25) is 11.8 Å². The molecule has 1 N–H and O–H groups in total.